The van der Waals surface area contributed by atoms with Crippen molar-refractivity contribution in [1.29, 1.82) is 0 Å². The van der Waals surface area contributed by atoms with Crippen LogP contribution in [0.15, 0.2) is 42.5 Å². The molecular formula is C18H22ClN. The van der Waals surface area contributed by atoms with Gasteiger partial charge in [0.25, 0.3) is 0 Å². The van der Waals surface area contributed by atoms with Crippen LogP contribution in [0.5, 0.6) is 0 Å². The summed E-state index contributed by atoms with van der Waals surface area (Å²) < 4.78 is 0. The van der Waals surface area contributed by atoms with E-state index in [2.05, 4.69) is 61.6 Å². The van der Waals surface area contributed by atoms with Crippen molar-refractivity contribution in [3.05, 3.63) is 58.6 Å². The van der Waals surface area contributed by atoms with Gasteiger partial charge in [-0.2, -0.15) is 0 Å². The van der Waals surface area contributed by atoms with Gasteiger partial charge in [-0.15, -0.1) is 0 Å². The van der Waals surface area contributed by atoms with E-state index in [1.807, 2.05) is 0 Å². The molecule has 0 heterocycles. The minimum Gasteiger partial charge on any atom is -0.313 e. The number of rotatable bonds is 6. The fourth-order valence-corrected chi connectivity index (χ4v) is 2.45. The van der Waals surface area contributed by atoms with Crippen molar-refractivity contribution < 1.29 is 0 Å². The second-order valence-corrected chi connectivity index (χ2v) is 5.44. The Kier molecular flexibility index (Phi) is 5.63. The van der Waals surface area contributed by atoms with Crippen LogP contribution in [0.1, 0.15) is 31.4 Å². The number of nitrogens with one attached hydrogen (secondary N) is 1. The van der Waals surface area contributed by atoms with Gasteiger partial charge in [0.1, 0.15) is 0 Å². The zero-order valence-electron chi connectivity index (χ0n) is 12.2. The molecule has 0 aliphatic rings. The van der Waals surface area contributed by atoms with Crippen LogP contribution in [-0.2, 0) is 13.0 Å². The lowest BCUT2D eigenvalue weighted by molar-refractivity contribution is 0.675. The molecule has 0 bridgehead atoms. The van der Waals surface area contributed by atoms with E-state index in [-0.39, 0.29) is 0 Å². The third kappa shape index (κ3) is 3.84. The molecule has 1 nitrogen and oxygen atoms in total. The van der Waals surface area contributed by atoms with E-state index in [9.17, 15) is 0 Å². The Balaban J connectivity index is 2.14. The molecule has 2 rings (SSSR count). The minimum absolute atomic E-state index is 0.835. The van der Waals surface area contributed by atoms with Crippen molar-refractivity contribution in [2.24, 2.45) is 0 Å². The number of hydrogen-bond acceptors (Lipinski definition) is 1. The molecule has 0 aliphatic carbocycles. The highest BCUT2D eigenvalue weighted by Crippen LogP contribution is 2.26. The third-order valence-corrected chi connectivity index (χ3v) is 3.84. The lowest BCUT2D eigenvalue weighted by Gasteiger charge is -2.09. The molecule has 2 aromatic rings. The Labute approximate surface area is 127 Å². The number of halogens is 1. The molecule has 106 valence electrons. The summed E-state index contributed by atoms with van der Waals surface area (Å²) in [7, 11) is 0. The molecule has 0 aliphatic heterocycles. The fourth-order valence-electron chi connectivity index (χ4n) is 2.20. The first-order valence-electron chi connectivity index (χ1n) is 7.33. The van der Waals surface area contributed by atoms with Crippen LogP contribution in [0.3, 0.4) is 0 Å². The van der Waals surface area contributed by atoms with Crippen LogP contribution in [0.4, 0.5) is 0 Å². The van der Waals surface area contributed by atoms with Crippen LogP contribution < -0.4 is 5.32 Å². The maximum absolute atomic E-state index is 6.38. The predicted octanol–water partition coefficient (Wildman–Crippen LogP) is 5.07. The Morgan fingerprint density at radius 1 is 0.950 bits per heavy atom. The van der Waals surface area contributed by atoms with Gasteiger partial charge in [-0.1, -0.05) is 61.8 Å². The van der Waals surface area contributed by atoms with Crippen molar-refractivity contribution in [2.45, 2.75) is 33.2 Å². The van der Waals surface area contributed by atoms with Crippen LogP contribution >= 0.6 is 11.6 Å². The maximum Gasteiger partial charge on any atom is 0.0457 e. The summed E-state index contributed by atoms with van der Waals surface area (Å²) in [5, 5.41) is 4.22. The Bertz CT molecular complexity index is 546. The first-order chi connectivity index (χ1) is 9.74. The number of aryl methyl sites for hydroxylation is 1. The minimum atomic E-state index is 0.835. The van der Waals surface area contributed by atoms with Crippen molar-refractivity contribution in [2.75, 3.05) is 6.54 Å². The van der Waals surface area contributed by atoms with Crippen LogP contribution in [0.25, 0.3) is 11.1 Å². The second kappa shape index (κ2) is 7.47. The standard InChI is InChI=1S/C18H22ClN/c1-3-11-20-13-17-10-9-16(12-18(17)19)15-7-5-14(4-2)6-8-15/h5-10,12,20H,3-4,11,13H2,1-2H3. The highest BCUT2D eigenvalue weighted by Gasteiger charge is 2.03. The SMILES string of the molecule is CCCNCc1ccc(-c2ccc(CC)cc2)cc1Cl. The quantitative estimate of drug-likeness (QED) is 0.732. The van der Waals surface area contributed by atoms with E-state index in [1.165, 1.54) is 16.7 Å². The topological polar surface area (TPSA) is 12.0 Å². The lowest BCUT2D eigenvalue weighted by Crippen LogP contribution is -2.13. The highest BCUT2D eigenvalue weighted by atomic mass is 35.5. The van der Waals surface area contributed by atoms with Crippen LogP contribution in [0, 0.1) is 0 Å². The summed E-state index contributed by atoms with van der Waals surface area (Å²) in [4.78, 5) is 0. The summed E-state index contributed by atoms with van der Waals surface area (Å²) >= 11 is 6.38. The molecule has 20 heavy (non-hydrogen) atoms. The van der Waals surface area contributed by atoms with E-state index >= 15 is 0 Å². The first-order valence-corrected chi connectivity index (χ1v) is 7.70. The predicted molar refractivity (Wildman–Crippen MR) is 88.3 cm³/mol. The molecule has 0 aromatic heterocycles. The van der Waals surface area contributed by atoms with E-state index in [1.54, 1.807) is 0 Å². The highest BCUT2D eigenvalue weighted by molar-refractivity contribution is 6.31. The van der Waals surface area contributed by atoms with Gasteiger partial charge in [-0.05, 0) is 47.7 Å². The summed E-state index contributed by atoms with van der Waals surface area (Å²) in [5.41, 5.74) is 4.92. The van der Waals surface area contributed by atoms with Crippen molar-refractivity contribution in [1.82, 2.24) is 5.32 Å². The van der Waals surface area contributed by atoms with Gasteiger partial charge in [0, 0.05) is 11.6 Å². The van der Waals surface area contributed by atoms with Crippen molar-refractivity contribution >= 4 is 11.6 Å². The molecule has 0 atom stereocenters. The van der Waals surface area contributed by atoms with Crippen molar-refractivity contribution in [3.8, 4) is 11.1 Å². The molecule has 0 radical (unpaired) electrons. The normalized spacial score (nSPS) is 10.8. The van der Waals surface area contributed by atoms with Gasteiger partial charge in [-0.25, -0.2) is 0 Å². The molecule has 0 spiro atoms. The molecule has 0 amide bonds. The summed E-state index contributed by atoms with van der Waals surface area (Å²) in [6, 6.07) is 15.0. The maximum atomic E-state index is 6.38. The molecule has 0 fully saturated rings. The smallest absolute Gasteiger partial charge is 0.0457 e. The monoisotopic (exact) mass is 287 g/mol. The van der Waals surface area contributed by atoms with Gasteiger partial charge in [-0.3, -0.25) is 0 Å². The van der Waals surface area contributed by atoms with Gasteiger partial charge >= 0.3 is 0 Å². The average molecular weight is 288 g/mol. The largest absolute Gasteiger partial charge is 0.313 e. The molecule has 2 heteroatoms. The van der Waals surface area contributed by atoms with E-state index in [0.717, 1.165) is 36.5 Å². The van der Waals surface area contributed by atoms with Gasteiger partial charge in [0.05, 0.1) is 0 Å². The van der Waals surface area contributed by atoms with Crippen LogP contribution in [-0.4, -0.2) is 6.54 Å². The van der Waals surface area contributed by atoms with Gasteiger partial charge < -0.3 is 5.32 Å². The van der Waals surface area contributed by atoms with E-state index in [4.69, 9.17) is 11.6 Å². The Morgan fingerprint density at radius 3 is 2.25 bits per heavy atom. The molecular weight excluding hydrogens is 266 g/mol. The molecule has 0 saturated heterocycles. The number of hydrogen-bond donors (Lipinski definition) is 1. The van der Waals surface area contributed by atoms with E-state index in [0.29, 0.717) is 0 Å². The van der Waals surface area contributed by atoms with E-state index < -0.39 is 0 Å². The third-order valence-electron chi connectivity index (χ3n) is 3.49. The second-order valence-electron chi connectivity index (χ2n) is 5.03. The van der Waals surface area contributed by atoms with Gasteiger partial charge in [0.2, 0.25) is 0 Å². The molecule has 1 N–H and O–H groups in total. The summed E-state index contributed by atoms with van der Waals surface area (Å²) in [6.45, 7) is 6.19. The molecule has 0 unspecified atom stereocenters. The Morgan fingerprint density at radius 2 is 1.65 bits per heavy atom. The lowest BCUT2D eigenvalue weighted by atomic mass is 10.0. The zero-order chi connectivity index (χ0) is 14.4. The van der Waals surface area contributed by atoms with Gasteiger partial charge in [0.15, 0.2) is 0 Å². The Hall–Kier alpha value is -1.31. The molecule has 2 aromatic carbocycles. The zero-order valence-corrected chi connectivity index (χ0v) is 13.0. The first kappa shape index (κ1) is 15.1. The van der Waals surface area contributed by atoms with Crippen molar-refractivity contribution in [3.63, 3.8) is 0 Å². The summed E-state index contributed by atoms with van der Waals surface area (Å²) in [5.74, 6) is 0. The average Bonchev–Trinajstić information content (AvgIpc) is 2.49. The fraction of sp³-hybridized carbons (Fsp3) is 0.333. The number of benzene rings is 2. The molecule has 0 saturated carbocycles. The summed E-state index contributed by atoms with van der Waals surface area (Å²) in [6.07, 6.45) is 2.21. The van der Waals surface area contributed by atoms with Crippen LogP contribution in [0.2, 0.25) is 5.02 Å².